The molecule has 0 aliphatic carbocycles. The Kier molecular flexibility index (Phi) is 3.94. The average molecular weight is 339 g/mol. The molecule has 0 fully saturated rings. The van der Waals surface area contributed by atoms with Crippen molar-refractivity contribution < 1.29 is 14.3 Å². The number of carbonyl (C=O) groups is 1. The SMILES string of the molecule is Cc1ccc(Nc2cc(F)c(C(=O)O)cc2N)cc1Br. The molecule has 0 spiro atoms. The molecule has 0 saturated heterocycles. The molecule has 0 atom stereocenters. The fourth-order valence-electron chi connectivity index (χ4n) is 1.69. The van der Waals surface area contributed by atoms with Gasteiger partial charge in [-0.2, -0.15) is 0 Å². The average Bonchev–Trinajstić information content (AvgIpc) is 2.37. The van der Waals surface area contributed by atoms with Gasteiger partial charge in [0, 0.05) is 16.2 Å². The van der Waals surface area contributed by atoms with Crippen molar-refractivity contribution in [1.82, 2.24) is 0 Å². The molecule has 0 heterocycles. The van der Waals surface area contributed by atoms with Crippen LogP contribution >= 0.6 is 15.9 Å². The molecule has 0 unspecified atom stereocenters. The minimum atomic E-state index is -1.35. The molecule has 2 rings (SSSR count). The third kappa shape index (κ3) is 2.91. The summed E-state index contributed by atoms with van der Waals surface area (Å²) >= 11 is 3.40. The van der Waals surface area contributed by atoms with Crippen LogP contribution in [0.1, 0.15) is 15.9 Å². The van der Waals surface area contributed by atoms with E-state index in [-0.39, 0.29) is 5.69 Å². The summed E-state index contributed by atoms with van der Waals surface area (Å²) in [6.07, 6.45) is 0. The van der Waals surface area contributed by atoms with Gasteiger partial charge in [-0.1, -0.05) is 22.0 Å². The summed E-state index contributed by atoms with van der Waals surface area (Å²) in [5, 5.41) is 11.8. The maximum absolute atomic E-state index is 13.6. The second-order valence-corrected chi connectivity index (χ2v) is 5.17. The van der Waals surface area contributed by atoms with Gasteiger partial charge >= 0.3 is 5.97 Å². The van der Waals surface area contributed by atoms with Crippen molar-refractivity contribution in [2.75, 3.05) is 11.1 Å². The largest absolute Gasteiger partial charge is 0.478 e. The molecule has 0 bridgehead atoms. The molecule has 0 amide bonds. The van der Waals surface area contributed by atoms with E-state index in [1.54, 1.807) is 0 Å². The highest BCUT2D eigenvalue weighted by Gasteiger charge is 2.14. The molecular weight excluding hydrogens is 327 g/mol. The number of nitrogens with two attached hydrogens (primary N) is 1. The first-order valence-corrected chi connectivity index (χ1v) is 6.53. The van der Waals surface area contributed by atoms with Gasteiger partial charge in [-0.15, -0.1) is 0 Å². The summed E-state index contributed by atoms with van der Waals surface area (Å²) in [6, 6.07) is 7.72. The predicted molar refractivity (Wildman–Crippen MR) is 79.9 cm³/mol. The van der Waals surface area contributed by atoms with Crippen molar-refractivity contribution in [1.29, 1.82) is 0 Å². The Bertz CT molecular complexity index is 689. The van der Waals surface area contributed by atoms with Crippen molar-refractivity contribution in [3.63, 3.8) is 0 Å². The zero-order valence-electron chi connectivity index (χ0n) is 10.6. The Hall–Kier alpha value is -2.08. The van der Waals surface area contributed by atoms with E-state index in [0.29, 0.717) is 5.69 Å². The van der Waals surface area contributed by atoms with E-state index in [4.69, 9.17) is 10.8 Å². The van der Waals surface area contributed by atoms with Gasteiger partial charge in [-0.05, 0) is 30.7 Å². The van der Waals surface area contributed by atoms with Crippen LogP contribution in [0.3, 0.4) is 0 Å². The highest BCUT2D eigenvalue weighted by Crippen LogP contribution is 2.28. The number of aromatic carboxylic acids is 1. The maximum Gasteiger partial charge on any atom is 0.338 e. The first-order valence-electron chi connectivity index (χ1n) is 5.74. The molecule has 0 aromatic heterocycles. The van der Waals surface area contributed by atoms with E-state index in [9.17, 15) is 9.18 Å². The summed E-state index contributed by atoms with van der Waals surface area (Å²) in [6.45, 7) is 1.95. The number of hydrogen-bond acceptors (Lipinski definition) is 3. The number of nitrogens with one attached hydrogen (secondary N) is 1. The van der Waals surface area contributed by atoms with Crippen molar-refractivity contribution in [2.45, 2.75) is 6.92 Å². The monoisotopic (exact) mass is 338 g/mol. The quantitative estimate of drug-likeness (QED) is 0.741. The molecule has 0 aliphatic heterocycles. The van der Waals surface area contributed by atoms with Crippen LogP contribution in [0.4, 0.5) is 21.5 Å². The van der Waals surface area contributed by atoms with E-state index >= 15 is 0 Å². The summed E-state index contributed by atoms with van der Waals surface area (Å²) in [5.74, 6) is -2.18. The number of carboxylic acids is 1. The molecule has 4 nitrogen and oxygen atoms in total. The highest BCUT2D eigenvalue weighted by atomic mass is 79.9. The summed E-state index contributed by atoms with van der Waals surface area (Å²) in [4.78, 5) is 10.8. The van der Waals surface area contributed by atoms with E-state index in [2.05, 4.69) is 21.2 Å². The third-order valence-electron chi connectivity index (χ3n) is 2.82. The molecule has 104 valence electrons. The summed E-state index contributed by atoms with van der Waals surface area (Å²) in [5.41, 5.74) is 7.57. The Balaban J connectivity index is 2.36. The number of nitrogen functional groups attached to an aromatic ring is 1. The molecule has 2 aromatic carbocycles. The normalized spacial score (nSPS) is 10.3. The Morgan fingerprint density at radius 3 is 2.65 bits per heavy atom. The molecule has 0 aliphatic rings. The number of hydrogen-bond donors (Lipinski definition) is 3. The maximum atomic E-state index is 13.6. The molecule has 4 N–H and O–H groups in total. The number of aryl methyl sites for hydroxylation is 1. The molecule has 0 saturated carbocycles. The number of benzene rings is 2. The van der Waals surface area contributed by atoms with Crippen LogP contribution in [0.2, 0.25) is 0 Å². The molecule has 2 aromatic rings. The van der Waals surface area contributed by atoms with E-state index < -0.39 is 17.3 Å². The van der Waals surface area contributed by atoms with Gasteiger partial charge in [0.1, 0.15) is 5.82 Å². The van der Waals surface area contributed by atoms with Crippen LogP contribution in [0.15, 0.2) is 34.8 Å². The van der Waals surface area contributed by atoms with Crippen LogP contribution in [-0.4, -0.2) is 11.1 Å². The second kappa shape index (κ2) is 5.50. The second-order valence-electron chi connectivity index (χ2n) is 4.31. The topological polar surface area (TPSA) is 75.3 Å². The Morgan fingerprint density at radius 1 is 1.35 bits per heavy atom. The summed E-state index contributed by atoms with van der Waals surface area (Å²) in [7, 11) is 0. The van der Waals surface area contributed by atoms with Crippen LogP contribution in [-0.2, 0) is 0 Å². The van der Waals surface area contributed by atoms with Gasteiger partial charge in [0.15, 0.2) is 0 Å². The minimum absolute atomic E-state index is 0.167. The number of carboxylic acid groups (broad SMARTS) is 1. The van der Waals surface area contributed by atoms with Crippen LogP contribution in [0.25, 0.3) is 0 Å². The van der Waals surface area contributed by atoms with Crippen molar-refractivity contribution in [3.8, 4) is 0 Å². The number of anilines is 3. The zero-order valence-corrected chi connectivity index (χ0v) is 12.2. The standard InChI is InChI=1S/C14H12BrFN2O2/c1-7-2-3-8(4-10(7)15)18-13-6-11(16)9(14(19)20)5-12(13)17/h2-6,18H,17H2,1H3,(H,19,20). The van der Waals surface area contributed by atoms with Gasteiger partial charge in [0.2, 0.25) is 0 Å². The van der Waals surface area contributed by atoms with Gasteiger partial charge in [-0.3, -0.25) is 0 Å². The minimum Gasteiger partial charge on any atom is -0.478 e. The fourth-order valence-corrected chi connectivity index (χ4v) is 2.07. The lowest BCUT2D eigenvalue weighted by molar-refractivity contribution is 0.0692. The zero-order chi connectivity index (χ0) is 14.9. The van der Waals surface area contributed by atoms with Crippen molar-refractivity contribution in [2.24, 2.45) is 0 Å². The first kappa shape index (κ1) is 14.3. The lowest BCUT2D eigenvalue weighted by Crippen LogP contribution is -2.05. The van der Waals surface area contributed by atoms with Gasteiger partial charge in [-0.25, -0.2) is 9.18 Å². The number of halogens is 2. The van der Waals surface area contributed by atoms with Gasteiger partial charge < -0.3 is 16.2 Å². The van der Waals surface area contributed by atoms with Crippen LogP contribution < -0.4 is 11.1 Å². The van der Waals surface area contributed by atoms with Crippen molar-refractivity contribution in [3.05, 3.63) is 51.7 Å². The van der Waals surface area contributed by atoms with Crippen molar-refractivity contribution >= 4 is 39.0 Å². The molecular formula is C14H12BrFN2O2. The lowest BCUT2D eigenvalue weighted by Gasteiger charge is -2.12. The molecule has 6 heteroatoms. The van der Waals surface area contributed by atoms with Gasteiger partial charge in [0.25, 0.3) is 0 Å². The highest BCUT2D eigenvalue weighted by molar-refractivity contribution is 9.10. The molecule has 20 heavy (non-hydrogen) atoms. The van der Waals surface area contributed by atoms with E-state index in [1.165, 1.54) is 0 Å². The number of rotatable bonds is 3. The predicted octanol–water partition coefficient (Wildman–Crippen LogP) is 3.92. The van der Waals surface area contributed by atoms with Crippen LogP contribution in [0, 0.1) is 12.7 Å². The summed E-state index contributed by atoms with van der Waals surface area (Å²) < 4.78 is 14.5. The third-order valence-corrected chi connectivity index (χ3v) is 3.67. The van der Waals surface area contributed by atoms with Gasteiger partial charge in [0.05, 0.1) is 16.9 Å². The van der Waals surface area contributed by atoms with E-state index in [0.717, 1.165) is 27.9 Å². The fraction of sp³-hybridized carbons (Fsp3) is 0.0714. The Morgan fingerprint density at radius 2 is 2.05 bits per heavy atom. The molecule has 0 radical (unpaired) electrons. The smallest absolute Gasteiger partial charge is 0.338 e. The first-order chi connectivity index (χ1) is 9.38. The Labute approximate surface area is 123 Å². The van der Waals surface area contributed by atoms with Crippen LogP contribution in [0.5, 0.6) is 0 Å². The van der Waals surface area contributed by atoms with E-state index in [1.807, 2.05) is 25.1 Å². The lowest BCUT2D eigenvalue weighted by atomic mass is 10.1.